The summed E-state index contributed by atoms with van der Waals surface area (Å²) in [5.74, 6) is -2.01. The van der Waals surface area contributed by atoms with Crippen molar-refractivity contribution in [2.45, 2.75) is 18.5 Å². The number of aliphatic carboxylic acids is 1. The van der Waals surface area contributed by atoms with Crippen molar-refractivity contribution in [1.29, 1.82) is 0 Å². The summed E-state index contributed by atoms with van der Waals surface area (Å²) < 4.78 is 0.806. The zero-order chi connectivity index (χ0) is 23.7. The van der Waals surface area contributed by atoms with Gasteiger partial charge < -0.3 is 15.3 Å². The molecule has 168 valence electrons. The molecule has 1 heterocycles. The van der Waals surface area contributed by atoms with Gasteiger partial charge in [0.2, 0.25) is 0 Å². The van der Waals surface area contributed by atoms with Gasteiger partial charge in [-0.1, -0.05) is 47.5 Å². The van der Waals surface area contributed by atoms with Gasteiger partial charge in [0.1, 0.15) is 6.04 Å². The highest BCUT2D eigenvalue weighted by atomic mass is 127. The lowest BCUT2D eigenvalue weighted by molar-refractivity contribution is -0.139. The predicted octanol–water partition coefficient (Wildman–Crippen LogP) is 5.95. The Morgan fingerprint density at radius 2 is 1.61 bits per heavy atom. The molecule has 2 unspecified atom stereocenters. The van der Waals surface area contributed by atoms with Crippen LogP contribution in [-0.4, -0.2) is 27.8 Å². The topological polar surface area (TPSA) is 86.7 Å². The van der Waals surface area contributed by atoms with Gasteiger partial charge in [-0.2, -0.15) is 0 Å². The Bertz CT molecular complexity index is 1230. The highest BCUT2D eigenvalue weighted by Crippen LogP contribution is 2.39. The molecular weight excluding hydrogens is 578 g/mol. The van der Waals surface area contributed by atoms with Crippen LogP contribution < -0.4 is 5.32 Å². The average molecular weight is 595 g/mol. The molecule has 2 amide bonds. The van der Waals surface area contributed by atoms with Crippen LogP contribution in [0.1, 0.15) is 40.0 Å². The van der Waals surface area contributed by atoms with Crippen molar-refractivity contribution in [2.24, 2.45) is 0 Å². The smallest absolute Gasteiger partial charge is 0.305 e. The number of fused-ring (bicyclic) bond motifs is 1. The first-order valence-corrected chi connectivity index (χ1v) is 11.7. The summed E-state index contributed by atoms with van der Waals surface area (Å²) in [6, 6.07) is 16.3. The SMILES string of the molecule is O=C(O)CC(c1ccc(Cl)cc1)N1C(=O)c2cc(I)ccc2NC(=O)C1c1ccc(Cl)cc1. The summed E-state index contributed by atoms with van der Waals surface area (Å²) in [4.78, 5) is 40.6. The molecule has 3 aromatic carbocycles. The fraction of sp³-hybridized carbons (Fsp3) is 0.125. The Balaban J connectivity index is 1.94. The van der Waals surface area contributed by atoms with E-state index in [2.05, 4.69) is 27.9 Å². The van der Waals surface area contributed by atoms with E-state index in [1.807, 2.05) is 0 Å². The molecule has 9 heteroatoms. The Labute approximate surface area is 213 Å². The highest BCUT2D eigenvalue weighted by molar-refractivity contribution is 14.1. The van der Waals surface area contributed by atoms with Gasteiger partial charge in [0.05, 0.1) is 23.7 Å². The zero-order valence-electron chi connectivity index (χ0n) is 17.0. The molecule has 0 aromatic heterocycles. The minimum absolute atomic E-state index is 0.288. The van der Waals surface area contributed by atoms with Gasteiger partial charge in [-0.25, -0.2) is 0 Å². The van der Waals surface area contributed by atoms with Crippen molar-refractivity contribution in [3.05, 3.63) is 97.0 Å². The van der Waals surface area contributed by atoms with E-state index in [4.69, 9.17) is 23.2 Å². The second-order valence-corrected chi connectivity index (χ2v) is 9.63. The number of anilines is 1. The van der Waals surface area contributed by atoms with E-state index >= 15 is 0 Å². The van der Waals surface area contributed by atoms with E-state index in [0.717, 1.165) is 3.57 Å². The zero-order valence-corrected chi connectivity index (χ0v) is 20.6. The van der Waals surface area contributed by atoms with Crippen LogP contribution in [0.25, 0.3) is 0 Å². The van der Waals surface area contributed by atoms with Crippen LogP contribution in [0.5, 0.6) is 0 Å². The normalized spacial score (nSPS) is 16.6. The Morgan fingerprint density at radius 3 is 2.21 bits per heavy atom. The second-order valence-electron chi connectivity index (χ2n) is 7.51. The van der Waals surface area contributed by atoms with Gasteiger partial charge in [0.15, 0.2) is 0 Å². The van der Waals surface area contributed by atoms with Crippen LogP contribution >= 0.6 is 45.8 Å². The molecule has 0 fully saturated rings. The lowest BCUT2D eigenvalue weighted by Gasteiger charge is -2.36. The number of carbonyl (C=O) groups is 3. The minimum Gasteiger partial charge on any atom is -0.481 e. The third-order valence-corrected chi connectivity index (χ3v) is 6.55. The van der Waals surface area contributed by atoms with Crippen LogP contribution in [0.15, 0.2) is 66.7 Å². The van der Waals surface area contributed by atoms with Crippen molar-refractivity contribution >= 4 is 69.3 Å². The molecule has 0 radical (unpaired) electrons. The molecule has 1 aliphatic rings. The summed E-state index contributed by atoms with van der Waals surface area (Å²) in [6.07, 6.45) is -0.399. The predicted molar refractivity (Wildman–Crippen MR) is 135 cm³/mol. The molecule has 2 atom stereocenters. The Hall–Kier alpha value is -2.62. The van der Waals surface area contributed by atoms with E-state index in [1.54, 1.807) is 66.7 Å². The summed E-state index contributed by atoms with van der Waals surface area (Å²) in [7, 11) is 0. The van der Waals surface area contributed by atoms with Crippen molar-refractivity contribution < 1.29 is 19.5 Å². The summed E-state index contributed by atoms with van der Waals surface area (Å²) in [6.45, 7) is 0. The van der Waals surface area contributed by atoms with Gasteiger partial charge in [-0.05, 0) is 76.2 Å². The van der Waals surface area contributed by atoms with Crippen LogP contribution in [-0.2, 0) is 9.59 Å². The van der Waals surface area contributed by atoms with E-state index in [1.165, 1.54) is 4.90 Å². The molecule has 0 aliphatic carbocycles. The molecule has 0 spiro atoms. The number of amides is 2. The molecule has 4 rings (SSSR count). The minimum atomic E-state index is -1.11. The van der Waals surface area contributed by atoms with Crippen molar-refractivity contribution in [3.63, 3.8) is 0 Å². The number of halogens is 3. The van der Waals surface area contributed by atoms with Crippen LogP contribution in [0.3, 0.4) is 0 Å². The maximum Gasteiger partial charge on any atom is 0.305 e. The fourth-order valence-electron chi connectivity index (χ4n) is 3.89. The van der Waals surface area contributed by atoms with Gasteiger partial charge in [-0.15, -0.1) is 0 Å². The standard InChI is InChI=1S/C24H17Cl2IN2O4/c25-15-5-1-13(2-6-15)20(12-21(30)31)29-22(14-3-7-16(26)8-4-14)23(32)28-19-10-9-17(27)11-18(19)24(29)33/h1-11,20,22H,12H2,(H,28,32)(H,30,31). The largest absolute Gasteiger partial charge is 0.481 e. The fourth-order valence-corrected chi connectivity index (χ4v) is 4.64. The maximum absolute atomic E-state index is 13.9. The average Bonchev–Trinajstić information content (AvgIpc) is 2.88. The van der Waals surface area contributed by atoms with Crippen molar-refractivity contribution in [3.8, 4) is 0 Å². The summed E-state index contributed by atoms with van der Waals surface area (Å²) >= 11 is 14.2. The summed E-state index contributed by atoms with van der Waals surface area (Å²) in [5, 5.41) is 13.5. The number of carbonyl (C=O) groups excluding carboxylic acids is 2. The van der Waals surface area contributed by atoms with E-state index < -0.39 is 36.3 Å². The van der Waals surface area contributed by atoms with Gasteiger partial charge in [0.25, 0.3) is 11.8 Å². The van der Waals surface area contributed by atoms with Gasteiger partial charge in [0, 0.05) is 13.6 Å². The molecule has 0 saturated carbocycles. The first kappa shape index (κ1) is 23.5. The van der Waals surface area contributed by atoms with Crippen LogP contribution in [0.4, 0.5) is 5.69 Å². The number of hydrogen-bond donors (Lipinski definition) is 2. The molecule has 3 aromatic rings. The molecule has 0 saturated heterocycles. The van der Waals surface area contributed by atoms with E-state index in [0.29, 0.717) is 26.9 Å². The maximum atomic E-state index is 13.9. The Kier molecular flexibility index (Phi) is 6.92. The third-order valence-electron chi connectivity index (χ3n) is 5.38. The van der Waals surface area contributed by atoms with Crippen LogP contribution in [0.2, 0.25) is 10.0 Å². The molecular formula is C24H17Cl2IN2O4. The number of carboxylic acids is 1. The third kappa shape index (κ3) is 5.00. The van der Waals surface area contributed by atoms with Crippen LogP contribution in [0, 0.1) is 3.57 Å². The van der Waals surface area contributed by atoms with Gasteiger partial charge >= 0.3 is 5.97 Å². The molecule has 6 nitrogen and oxygen atoms in total. The molecule has 1 aliphatic heterocycles. The summed E-state index contributed by atoms with van der Waals surface area (Å²) in [5.41, 5.74) is 1.72. The monoisotopic (exact) mass is 594 g/mol. The Morgan fingerprint density at radius 1 is 1.00 bits per heavy atom. The van der Waals surface area contributed by atoms with Crippen molar-refractivity contribution in [2.75, 3.05) is 5.32 Å². The lowest BCUT2D eigenvalue weighted by atomic mass is 9.96. The number of nitrogens with zero attached hydrogens (tertiary/aromatic N) is 1. The first-order chi connectivity index (χ1) is 15.7. The number of hydrogen-bond acceptors (Lipinski definition) is 3. The van der Waals surface area contributed by atoms with E-state index in [-0.39, 0.29) is 5.56 Å². The molecule has 0 bridgehead atoms. The lowest BCUT2D eigenvalue weighted by Crippen LogP contribution is -2.42. The van der Waals surface area contributed by atoms with Crippen molar-refractivity contribution in [1.82, 2.24) is 4.90 Å². The quantitative estimate of drug-likeness (QED) is 0.357. The number of nitrogens with one attached hydrogen (secondary N) is 1. The molecule has 2 N–H and O–H groups in total. The molecule has 33 heavy (non-hydrogen) atoms. The number of rotatable bonds is 5. The number of carboxylic acid groups (broad SMARTS) is 1. The highest BCUT2D eigenvalue weighted by Gasteiger charge is 2.41. The second kappa shape index (κ2) is 9.70. The number of benzene rings is 3. The van der Waals surface area contributed by atoms with E-state index in [9.17, 15) is 19.5 Å². The first-order valence-electron chi connectivity index (χ1n) is 9.90. The van der Waals surface area contributed by atoms with Gasteiger partial charge in [-0.3, -0.25) is 14.4 Å².